The molecule has 0 spiro atoms. The Kier molecular flexibility index (Phi) is 8.80. The number of hydrogen-bond donors (Lipinski definition) is 0. The van der Waals surface area contributed by atoms with E-state index >= 15 is 0 Å². The quantitative estimate of drug-likeness (QED) is 0.418. The Balaban J connectivity index is 2.55. The van der Waals surface area contributed by atoms with Crippen molar-refractivity contribution in [2.45, 2.75) is 90.9 Å². The molecule has 0 aliphatic carbocycles. The van der Waals surface area contributed by atoms with E-state index in [0.29, 0.717) is 11.8 Å². The van der Waals surface area contributed by atoms with Crippen LogP contribution in [-0.2, 0) is 0 Å². The summed E-state index contributed by atoms with van der Waals surface area (Å²) in [5, 5.41) is 0. The summed E-state index contributed by atoms with van der Waals surface area (Å²) in [6.45, 7) is 9.23. The Morgan fingerprint density at radius 2 is 1.46 bits per heavy atom. The predicted molar refractivity (Wildman–Crippen MR) is 113 cm³/mol. The molecule has 2 aromatic heterocycles. The van der Waals surface area contributed by atoms with Crippen LogP contribution in [0, 0.1) is 0 Å². The van der Waals surface area contributed by atoms with E-state index in [-0.39, 0.29) is 0 Å². The van der Waals surface area contributed by atoms with Crippen LogP contribution in [0.5, 0.6) is 0 Å². The third-order valence-corrected chi connectivity index (χ3v) is 5.58. The summed E-state index contributed by atoms with van der Waals surface area (Å²) >= 11 is 0. The van der Waals surface area contributed by atoms with Crippen LogP contribution in [-0.4, -0.2) is 9.97 Å². The fraction of sp³-hybridized carbons (Fsp3) is 0.583. The van der Waals surface area contributed by atoms with Crippen LogP contribution < -0.4 is 0 Å². The van der Waals surface area contributed by atoms with Crippen LogP contribution in [0.3, 0.4) is 0 Å². The summed E-state index contributed by atoms with van der Waals surface area (Å²) in [4.78, 5) is 9.45. The van der Waals surface area contributed by atoms with E-state index < -0.39 is 0 Å². The molecular formula is C24H36N2. The lowest BCUT2D eigenvalue weighted by molar-refractivity contribution is 0.533. The molecule has 0 saturated heterocycles. The molecule has 2 unspecified atom stereocenters. The number of hydrogen-bond acceptors (Lipinski definition) is 2. The van der Waals surface area contributed by atoms with Crippen molar-refractivity contribution in [2.75, 3.05) is 0 Å². The smallest absolute Gasteiger partial charge is 0.0923 e. The summed E-state index contributed by atoms with van der Waals surface area (Å²) < 4.78 is 0. The monoisotopic (exact) mass is 352 g/mol. The van der Waals surface area contributed by atoms with Crippen molar-refractivity contribution >= 4 is 0 Å². The summed E-state index contributed by atoms with van der Waals surface area (Å²) in [5.41, 5.74) is 5.13. The molecule has 0 N–H and O–H groups in total. The number of aromatic nitrogens is 2. The fourth-order valence-corrected chi connectivity index (χ4v) is 4.01. The molecule has 0 aromatic carbocycles. The molecule has 26 heavy (non-hydrogen) atoms. The molecule has 2 rings (SSSR count). The topological polar surface area (TPSA) is 25.8 Å². The molecule has 0 bridgehead atoms. The van der Waals surface area contributed by atoms with Gasteiger partial charge >= 0.3 is 0 Å². The highest BCUT2D eigenvalue weighted by Gasteiger charge is 2.23. The Morgan fingerprint density at radius 3 is 2.04 bits per heavy atom. The zero-order chi connectivity index (χ0) is 18.8. The van der Waals surface area contributed by atoms with Gasteiger partial charge in [-0.05, 0) is 66.8 Å². The van der Waals surface area contributed by atoms with E-state index in [1.165, 1.54) is 62.5 Å². The Morgan fingerprint density at radius 1 is 0.769 bits per heavy atom. The van der Waals surface area contributed by atoms with Crippen molar-refractivity contribution in [3.63, 3.8) is 0 Å². The van der Waals surface area contributed by atoms with Crippen molar-refractivity contribution in [1.29, 1.82) is 0 Å². The van der Waals surface area contributed by atoms with Gasteiger partial charge in [-0.3, -0.25) is 9.97 Å². The van der Waals surface area contributed by atoms with Gasteiger partial charge in [-0.15, -0.1) is 0 Å². The minimum atomic E-state index is 0.575. The molecule has 0 saturated carbocycles. The zero-order valence-electron chi connectivity index (χ0n) is 17.2. The van der Waals surface area contributed by atoms with Crippen LogP contribution in [0.15, 0.2) is 36.7 Å². The van der Waals surface area contributed by atoms with Gasteiger partial charge in [0, 0.05) is 12.4 Å². The van der Waals surface area contributed by atoms with Crippen molar-refractivity contribution in [3.8, 4) is 11.4 Å². The lowest BCUT2D eigenvalue weighted by atomic mass is 9.80. The van der Waals surface area contributed by atoms with E-state index in [4.69, 9.17) is 4.98 Å². The Labute approximate surface area is 160 Å². The van der Waals surface area contributed by atoms with E-state index in [1.807, 2.05) is 18.5 Å². The summed E-state index contributed by atoms with van der Waals surface area (Å²) in [7, 11) is 0. The lowest BCUT2D eigenvalue weighted by Gasteiger charge is -2.26. The van der Waals surface area contributed by atoms with E-state index in [0.717, 1.165) is 11.4 Å². The van der Waals surface area contributed by atoms with Crippen molar-refractivity contribution in [1.82, 2.24) is 9.97 Å². The highest BCUT2D eigenvalue weighted by atomic mass is 14.8. The molecule has 0 fully saturated rings. The SMILES string of the molecule is CCCCC(CC)c1ccnc(-c2ccccn2)c1C(CC)CCCC. The molecular weight excluding hydrogens is 316 g/mol. The number of nitrogens with zero attached hydrogens (tertiary/aromatic N) is 2. The van der Waals surface area contributed by atoms with Crippen LogP contribution in [0.4, 0.5) is 0 Å². The highest BCUT2D eigenvalue weighted by Crippen LogP contribution is 2.39. The standard InChI is InChI=1S/C24H36N2/c1-5-9-13-19(7-3)21-16-18-26-24(22-15-11-12-17-25-22)23(21)20(8-4)14-10-6-2/h11-12,15-20H,5-10,13-14H2,1-4H3. The van der Waals surface area contributed by atoms with Gasteiger partial charge in [0.05, 0.1) is 11.4 Å². The second-order valence-corrected chi connectivity index (χ2v) is 7.37. The largest absolute Gasteiger partial charge is 0.255 e. The van der Waals surface area contributed by atoms with Gasteiger partial charge in [-0.2, -0.15) is 0 Å². The van der Waals surface area contributed by atoms with Crippen molar-refractivity contribution in [3.05, 3.63) is 47.8 Å². The second kappa shape index (κ2) is 11.1. The van der Waals surface area contributed by atoms with Crippen molar-refractivity contribution < 1.29 is 0 Å². The fourth-order valence-electron chi connectivity index (χ4n) is 4.01. The van der Waals surface area contributed by atoms with Gasteiger partial charge in [-0.25, -0.2) is 0 Å². The zero-order valence-corrected chi connectivity index (χ0v) is 17.2. The first-order chi connectivity index (χ1) is 12.8. The average molecular weight is 353 g/mol. The number of rotatable bonds is 11. The van der Waals surface area contributed by atoms with E-state index in [1.54, 1.807) is 0 Å². The molecule has 2 heteroatoms. The average Bonchev–Trinajstić information content (AvgIpc) is 2.70. The maximum absolute atomic E-state index is 4.82. The first kappa shape index (κ1) is 20.6. The Bertz CT molecular complexity index is 636. The third-order valence-electron chi connectivity index (χ3n) is 5.58. The molecule has 2 heterocycles. The first-order valence-corrected chi connectivity index (χ1v) is 10.7. The maximum Gasteiger partial charge on any atom is 0.0923 e. The predicted octanol–water partition coefficient (Wildman–Crippen LogP) is 7.51. The highest BCUT2D eigenvalue weighted by molar-refractivity contribution is 5.62. The molecule has 0 radical (unpaired) electrons. The summed E-state index contributed by atoms with van der Waals surface area (Å²) in [6.07, 6.45) is 13.9. The first-order valence-electron chi connectivity index (χ1n) is 10.7. The van der Waals surface area contributed by atoms with Crippen molar-refractivity contribution in [2.24, 2.45) is 0 Å². The molecule has 2 atom stereocenters. The van der Waals surface area contributed by atoms with Crippen LogP contribution in [0.1, 0.15) is 102 Å². The summed E-state index contributed by atoms with van der Waals surface area (Å²) in [6, 6.07) is 8.45. The normalized spacial score (nSPS) is 13.5. The van der Waals surface area contributed by atoms with Gasteiger partial charge in [0.2, 0.25) is 0 Å². The molecule has 0 aliphatic rings. The number of unbranched alkanes of at least 4 members (excludes halogenated alkanes) is 2. The lowest BCUT2D eigenvalue weighted by Crippen LogP contribution is -2.10. The van der Waals surface area contributed by atoms with Gasteiger partial charge < -0.3 is 0 Å². The molecule has 2 aromatic rings. The van der Waals surface area contributed by atoms with Crippen LogP contribution >= 0.6 is 0 Å². The van der Waals surface area contributed by atoms with E-state index in [2.05, 4.69) is 50.9 Å². The van der Waals surface area contributed by atoms with Gasteiger partial charge in [0.1, 0.15) is 0 Å². The minimum absolute atomic E-state index is 0.575. The second-order valence-electron chi connectivity index (χ2n) is 7.37. The number of pyridine rings is 2. The van der Waals surface area contributed by atoms with Gasteiger partial charge in [0.25, 0.3) is 0 Å². The van der Waals surface area contributed by atoms with Gasteiger partial charge in [-0.1, -0.05) is 59.4 Å². The van der Waals surface area contributed by atoms with E-state index in [9.17, 15) is 0 Å². The van der Waals surface area contributed by atoms with Crippen LogP contribution in [0.25, 0.3) is 11.4 Å². The Hall–Kier alpha value is -1.70. The molecule has 0 aliphatic heterocycles. The minimum Gasteiger partial charge on any atom is -0.255 e. The maximum atomic E-state index is 4.82. The van der Waals surface area contributed by atoms with Gasteiger partial charge in [0.15, 0.2) is 0 Å². The summed E-state index contributed by atoms with van der Waals surface area (Å²) in [5.74, 6) is 1.21. The third kappa shape index (κ3) is 5.16. The molecule has 2 nitrogen and oxygen atoms in total. The van der Waals surface area contributed by atoms with Crippen LogP contribution in [0.2, 0.25) is 0 Å². The molecule has 0 amide bonds. The molecule has 142 valence electrons.